The summed E-state index contributed by atoms with van der Waals surface area (Å²) in [5, 5.41) is 18.3. The molecule has 0 saturated carbocycles. The number of anilines is 1. The van der Waals surface area contributed by atoms with E-state index in [9.17, 15) is 13.5 Å². The zero-order valence-electron chi connectivity index (χ0n) is 10.0. The second kappa shape index (κ2) is 5.41. The molecule has 0 fully saturated rings. The van der Waals surface area contributed by atoms with E-state index in [-0.39, 0.29) is 26.9 Å². The van der Waals surface area contributed by atoms with Gasteiger partial charge in [-0.3, -0.25) is 4.72 Å². The number of sulfonamides is 1. The van der Waals surface area contributed by atoms with E-state index in [0.717, 1.165) is 6.07 Å². The molecule has 5 nitrogen and oxygen atoms in total. The van der Waals surface area contributed by atoms with Crippen molar-refractivity contribution in [2.24, 2.45) is 0 Å². The normalized spacial score (nSPS) is 10.8. The quantitative estimate of drug-likeness (QED) is 0.912. The van der Waals surface area contributed by atoms with Crippen molar-refractivity contribution in [3.63, 3.8) is 0 Å². The lowest BCUT2D eigenvalue weighted by Gasteiger charge is -2.10. The summed E-state index contributed by atoms with van der Waals surface area (Å²) in [6.45, 7) is 0. The molecule has 0 aromatic heterocycles. The third-order valence-corrected chi connectivity index (χ3v) is 4.16. The van der Waals surface area contributed by atoms with E-state index >= 15 is 0 Å². The maximum Gasteiger partial charge on any atom is 0.262 e. The monoisotopic (exact) mass is 308 g/mol. The van der Waals surface area contributed by atoms with Crippen molar-refractivity contribution in [2.45, 2.75) is 4.90 Å². The van der Waals surface area contributed by atoms with Crippen molar-refractivity contribution in [1.82, 2.24) is 0 Å². The van der Waals surface area contributed by atoms with Gasteiger partial charge in [0.1, 0.15) is 5.75 Å². The van der Waals surface area contributed by atoms with E-state index in [4.69, 9.17) is 16.9 Å². The van der Waals surface area contributed by atoms with Crippen LogP contribution in [0.4, 0.5) is 5.69 Å². The number of hydrogen-bond donors (Lipinski definition) is 2. The molecule has 0 radical (unpaired) electrons. The summed E-state index contributed by atoms with van der Waals surface area (Å²) in [5.41, 5.74) is 0.386. The predicted molar refractivity (Wildman–Crippen MR) is 75.1 cm³/mol. The van der Waals surface area contributed by atoms with E-state index < -0.39 is 10.0 Å². The first-order valence-corrected chi connectivity index (χ1v) is 7.30. The molecule has 0 aliphatic carbocycles. The first-order chi connectivity index (χ1) is 9.42. The van der Waals surface area contributed by atoms with Gasteiger partial charge < -0.3 is 5.11 Å². The summed E-state index contributed by atoms with van der Waals surface area (Å²) in [6, 6.07) is 11.4. The number of nitrogens with one attached hydrogen (secondary N) is 1. The van der Waals surface area contributed by atoms with Crippen LogP contribution in [0.2, 0.25) is 5.02 Å². The van der Waals surface area contributed by atoms with Gasteiger partial charge in [0.15, 0.2) is 0 Å². The van der Waals surface area contributed by atoms with Gasteiger partial charge in [0.2, 0.25) is 0 Å². The molecular weight excluding hydrogens is 300 g/mol. The first kappa shape index (κ1) is 14.2. The standard InChI is InChI=1S/C13H9ClN2O3S/c14-12-5-4-9(8-15)6-13(12)16-20(18,19)11-3-1-2-10(17)7-11/h1-7,16-17H. The Kier molecular flexibility index (Phi) is 3.84. The van der Waals surface area contributed by atoms with Gasteiger partial charge in [0.25, 0.3) is 10.0 Å². The van der Waals surface area contributed by atoms with Gasteiger partial charge in [-0.05, 0) is 30.3 Å². The molecule has 102 valence electrons. The summed E-state index contributed by atoms with van der Waals surface area (Å²) >= 11 is 5.89. The highest BCUT2D eigenvalue weighted by Gasteiger charge is 2.16. The minimum Gasteiger partial charge on any atom is -0.508 e. The van der Waals surface area contributed by atoms with Gasteiger partial charge in [0.05, 0.1) is 27.2 Å². The first-order valence-electron chi connectivity index (χ1n) is 5.44. The Bertz CT molecular complexity index is 798. The Morgan fingerprint density at radius 3 is 2.60 bits per heavy atom. The summed E-state index contributed by atoms with van der Waals surface area (Å²) in [5.74, 6) is -0.162. The van der Waals surface area contributed by atoms with Crippen LogP contribution >= 0.6 is 11.6 Å². The minimum atomic E-state index is -3.89. The topological polar surface area (TPSA) is 90.2 Å². The van der Waals surface area contributed by atoms with Crippen LogP contribution in [0, 0.1) is 11.3 Å². The number of aromatic hydroxyl groups is 1. The smallest absolute Gasteiger partial charge is 0.262 e. The third kappa shape index (κ3) is 3.02. The molecule has 2 aromatic rings. The molecule has 7 heteroatoms. The van der Waals surface area contributed by atoms with Crippen molar-refractivity contribution >= 4 is 27.3 Å². The predicted octanol–water partition coefficient (Wildman–Crippen LogP) is 2.72. The summed E-state index contributed by atoms with van der Waals surface area (Å²) in [7, 11) is -3.89. The molecule has 2 N–H and O–H groups in total. The number of phenols is 1. The van der Waals surface area contributed by atoms with E-state index in [2.05, 4.69) is 4.72 Å². The van der Waals surface area contributed by atoms with Gasteiger partial charge in [-0.25, -0.2) is 8.42 Å². The van der Waals surface area contributed by atoms with Crippen LogP contribution in [0.5, 0.6) is 5.75 Å². The second-order valence-electron chi connectivity index (χ2n) is 3.91. The molecular formula is C13H9ClN2O3S. The Labute approximate surface area is 121 Å². The molecule has 0 saturated heterocycles. The van der Waals surface area contributed by atoms with Crippen LogP contribution in [-0.2, 0) is 10.0 Å². The highest BCUT2D eigenvalue weighted by molar-refractivity contribution is 7.92. The molecule has 2 rings (SSSR count). The number of nitriles is 1. The van der Waals surface area contributed by atoms with Gasteiger partial charge in [-0.1, -0.05) is 17.7 Å². The fourth-order valence-electron chi connectivity index (χ4n) is 1.53. The van der Waals surface area contributed by atoms with Crippen LogP contribution in [0.15, 0.2) is 47.4 Å². The molecule has 2 aromatic carbocycles. The number of benzene rings is 2. The molecule has 0 atom stereocenters. The molecule has 0 bridgehead atoms. The maximum absolute atomic E-state index is 12.1. The maximum atomic E-state index is 12.1. The second-order valence-corrected chi connectivity index (χ2v) is 6.00. The number of halogens is 1. The lowest BCUT2D eigenvalue weighted by molar-refractivity contribution is 0.473. The van der Waals surface area contributed by atoms with E-state index in [0.29, 0.717) is 0 Å². The number of rotatable bonds is 3. The van der Waals surface area contributed by atoms with Crippen molar-refractivity contribution in [1.29, 1.82) is 5.26 Å². The van der Waals surface area contributed by atoms with Crippen LogP contribution in [0.3, 0.4) is 0 Å². The molecule has 0 aliphatic heterocycles. The SMILES string of the molecule is N#Cc1ccc(Cl)c(NS(=O)(=O)c2cccc(O)c2)c1. The van der Waals surface area contributed by atoms with E-state index in [1.807, 2.05) is 6.07 Å². The molecule has 0 aliphatic rings. The number of hydrogen-bond acceptors (Lipinski definition) is 4. The molecule has 0 amide bonds. The van der Waals surface area contributed by atoms with Gasteiger partial charge >= 0.3 is 0 Å². The molecule has 20 heavy (non-hydrogen) atoms. The molecule has 0 unspecified atom stereocenters. The largest absolute Gasteiger partial charge is 0.508 e. The van der Waals surface area contributed by atoms with Crippen LogP contribution in [0.1, 0.15) is 5.56 Å². The van der Waals surface area contributed by atoms with E-state index in [1.54, 1.807) is 0 Å². The van der Waals surface area contributed by atoms with Crippen molar-refractivity contribution < 1.29 is 13.5 Å². The molecule has 0 heterocycles. The summed E-state index contributed by atoms with van der Waals surface area (Å²) in [4.78, 5) is -0.101. The third-order valence-electron chi connectivity index (χ3n) is 2.47. The van der Waals surface area contributed by atoms with Crippen molar-refractivity contribution in [3.8, 4) is 11.8 Å². The Balaban J connectivity index is 2.41. The van der Waals surface area contributed by atoms with Crippen LogP contribution < -0.4 is 4.72 Å². The lowest BCUT2D eigenvalue weighted by Crippen LogP contribution is -2.13. The van der Waals surface area contributed by atoms with Crippen LogP contribution in [-0.4, -0.2) is 13.5 Å². The van der Waals surface area contributed by atoms with Crippen LogP contribution in [0.25, 0.3) is 0 Å². The fourth-order valence-corrected chi connectivity index (χ4v) is 2.86. The minimum absolute atomic E-state index is 0.101. The van der Waals surface area contributed by atoms with Crippen molar-refractivity contribution in [3.05, 3.63) is 53.1 Å². The Morgan fingerprint density at radius 1 is 1.20 bits per heavy atom. The highest BCUT2D eigenvalue weighted by Crippen LogP contribution is 2.26. The average Bonchev–Trinajstić information content (AvgIpc) is 2.41. The van der Waals surface area contributed by atoms with Gasteiger partial charge in [-0.15, -0.1) is 0 Å². The van der Waals surface area contributed by atoms with E-state index in [1.165, 1.54) is 36.4 Å². The number of nitrogens with zero attached hydrogens (tertiary/aromatic N) is 1. The van der Waals surface area contributed by atoms with Crippen molar-refractivity contribution in [2.75, 3.05) is 4.72 Å². The lowest BCUT2D eigenvalue weighted by atomic mass is 10.2. The van der Waals surface area contributed by atoms with Gasteiger partial charge in [-0.2, -0.15) is 5.26 Å². The Hall–Kier alpha value is -2.23. The van der Waals surface area contributed by atoms with Gasteiger partial charge in [0, 0.05) is 6.07 Å². The summed E-state index contributed by atoms with van der Waals surface area (Å²) < 4.78 is 26.6. The fraction of sp³-hybridized carbons (Fsp3) is 0. The summed E-state index contributed by atoms with van der Waals surface area (Å²) in [6.07, 6.45) is 0. The Morgan fingerprint density at radius 2 is 1.95 bits per heavy atom. The number of phenolic OH excluding ortho intramolecular Hbond substituents is 1. The molecule has 0 spiro atoms. The highest BCUT2D eigenvalue weighted by atomic mass is 35.5. The zero-order chi connectivity index (χ0) is 14.8. The average molecular weight is 309 g/mol. The zero-order valence-corrected chi connectivity index (χ0v) is 11.6.